The van der Waals surface area contributed by atoms with Crippen molar-refractivity contribution in [3.8, 4) is 11.5 Å². The Labute approximate surface area is 124 Å². The average Bonchev–Trinajstić information content (AvgIpc) is 3.03. The first kappa shape index (κ1) is 15.3. The van der Waals surface area contributed by atoms with E-state index in [4.69, 9.17) is 18.7 Å². The second kappa shape index (κ2) is 8.28. The minimum atomic E-state index is 0.316. The zero-order valence-corrected chi connectivity index (χ0v) is 12.3. The van der Waals surface area contributed by atoms with Gasteiger partial charge in [-0.1, -0.05) is 11.2 Å². The van der Waals surface area contributed by atoms with Crippen molar-refractivity contribution in [2.45, 2.75) is 13.2 Å². The number of hydrogen-bond acceptors (Lipinski definition) is 6. The molecule has 0 radical (unpaired) electrons. The summed E-state index contributed by atoms with van der Waals surface area (Å²) in [6.07, 6.45) is 1.59. The van der Waals surface area contributed by atoms with Crippen LogP contribution in [0.2, 0.25) is 0 Å². The summed E-state index contributed by atoms with van der Waals surface area (Å²) >= 11 is 0. The molecule has 0 unspecified atom stereocenters. The molecule has 1 heterocycles. The predicted octanol–water partition coefficient (Wildman–Crippen LogP) is 2.00. The molecule has 0 saturated carbocycles. The lowest BCUT2D eigenvalue weighted by Crippen LogP contribution is -2.18. The molecule has 0 aliphatic rings. The minimum absolute atomic E-state index is 0.316. The van der Waals surface area contributed by atoms with E-state index in [-0.39, 0.29) is 0 Å². The van der Waals surface area contributed by atoms with Crippen LogP contribution in [0.1, 0.15) is 11.3 Å². The molecule has 0 saturated heterocycles. The molecule has 0 bridgehead atoms. The van der Waals surface area contributed by atoms with Crippen LogP contribution in [-0.4, -0.2) is 32.5 Å². The predicted molar refractivity (Wildman–Crippen MR) is 77.4 cm³/mol. The van der Waals surface area contributed by atoms with Crippen molar-refractivity contribution in [2.75, 3.05) is 27.4 Å². The van der Waals surface area contributed by atoms with E-state index in [1.165, 1.54) is 0 Å². The van der Waals surface area contributed by atoms with Crippen LogP contribution in [0.25, 0.3) is 0 Å². The smallest absolute Gasteiger partial charge is 0.174 e. The highest BCUT2D eigenvalue weighted by atomic mass is 16.5. The van der Waals surface area contributed by atoms with Gasteiger partial charge in [-0.2, -0.15) is 0 Å². The maximum atomic E-state index is 5.73. The Morgan fingerprint density at radius 3 is 2.81 bits per heavy atom. The SMILES string of the molecule is COCCNCc1ccc(OC)c(OCc2ccno2)c1. The van der Waals surface area contributed by atoms with Crippen LogP contribution in [0.3, 0.4) is 0 Å². The lowest BCUT2D eigenvalue weighted by atomic mass is 10.2. The first-order chi connectivity index (χ1) is 10.3. The summed E-state index contributed by atoms with van der Waals surface area (Å²) in [5, 5.41) is 6.93. The molecule has 1 aromatic heterocycles. The van der Waals surface area contributed by atoms with Crippen LogP contribution in [0.5, 0.6) is 11.5 Å². The van der Waals surface area contributed by atoms with Gasteiger partial charge in [0.15, 0.2) is 17.3 Å². The summed E-state index contributed by atoms with van der Waals surface area (Å²) in [6.45, 7) is 2.55. The van der Waals surface area contributed by atoms with Crippen LogP contribution in [-0.2, 0) is 17.9 Å². The largest absolute Gasteiger partial charge is 0.493 e. The fourth-order valence-electron chi connectivity index (χ4n) is 1.82. The molecule has 0 amide bonds. The quantitative estimate of drug-likeness (QED) is 0.713. The van der Waals surface area contributed by atoms with E-state index < -0.39 is 0 Å². The van der Waals surface area contributed by atoms with E-state index >= 15 is 0 Å². The first-order valence-corrected chi connectivity index (χ1v) is 6.72. The number of nitrogens with zero attached hydrogens (tertiary/aromatic N) is 1. The van der Waals surface area contributed by atoms with Crippen molar-refractivity contribution in [3.63, 3.8) is 0 Å². The monoisotopic (exact) mass is 292 g/mol. The van der Waals surface area contributed by atoms with Crippen LogP contribution >= 0.6 is 0 Å². The molecule has 6 nitrogen and oxygen atoms in total. The number of benzene rings is 1. The Balaban J connectivity index is 1.96. The van der Waals surface area contributed by atoms with Crippen molar-refractivity contribution in [2.24, 2.45) is 0 Å². The Morgan fingerprint density at radius 2 is 2.10 bits per heavy atom. The fraction of sp³-hybridized carbons (Fsp3) is 0.400. The Bertz CT molecular complexity index is 528. The Hall–Kier alpha value is -2.05. The molecule has 21 heavy (non-hydrogen) atoms. The van der Waals surface area contributed by atoms with E-state index in [0.29, 0.717) is 30.5 Å². The molecule has 0 fully saturated rings. The van der Waals surface area contributed by atoms with Crippen molar-refractivity contribution >= 4 is 0 Å². The highest BCUT2D eigenvalue weighted by Crippen LogP contribution is 2.28. The molecule has 2 rings (SSSR count). The maximum Gasteiger partial charge on any atom is 0.174 e. The summed E-state index contributed by atoms with van der Waals surface area (Å²) in [4.78, 5) is 0. The second-order valence-corrected chi connectivity index (χ2v) is 4.42. The molecule has 1 N–H and O–H groups in total. The lowest BCUT2D eigenvalue weighted by Gasteiger charge is -2.12. The standard InChI is InChI=1S/C15H20N2O4/c1-18-8-7-16-10-12-3-4-14(19-2)15(9-12)20-11-13-5-6-17-21-13/h3-6,9,16H,7-8,10-11H2,1-2H3. The van der Waals surface area contributed by atoms with Crippen LogP contribution in [0.4, 0.5) is 0 Å². The number of aromatic nitrogens is 1. The molecule has 0 aliphatic carbocycles. The van der Waals surface area contributed by atoms with Gasteiger partial charge < -0.3 is 24.1 Å². The summed E-state index contributed by atoms with van der Waals surface area (Å²) < 4.78 is 21.0. The van der Waals surface area contributed by atoms with E-state index in [0.717, 1.165) is 18.7 Å². The van der Waals surface area contributed by atoms with Gasteiger partial charge in [0.05, 0.1) is 19.9 Å². The van der Waals surface area contributed by atoms with Crippen LogP contribution < -0.4 is 14.8 Å². The number of ether oxygens (including phenoxy) is 3. The van der Waals surface area contributed by atoms with Crippen molar-refractivity contribution < 1.29 is 18.7 Å². The van der Waals surface area contributed by atoms with Gasteiger partial charge in [0.25, 0.3) is 0 Å². The molecule has 0 spiro atoms. The summed E-state index contributed by atoms with van der Waals surface area (Å²) in [7, 11) is 3.30. The molecular formula is C15H20N2O4. The summed E-state index contributed by atoms with van der Waals surface area (Å²) in [5.41, 5.74) is 1.11. The van der Waals surface area contributed by atoms with E-state index in [9.17, 15) is 0 Å². The average molecular weight is 292 g/mol. The molecule has 114 valence electrons. The Morgan fingerprint density at radius 1 is 1.19 bits per heavy atom. The molecule has 0 atom stereocenters. The van der Waals surface area contributed by atoms with Gasteiger partial charge in [-0.05, 0) is 17.7 Å². The third-order valence-electron chi connectivity index (χ3n) is 2.90. The molecule has 0 aliphatic heterocycles. The van der Waals surface area contributed by atoms with Crippen molar-refractivity contribution in [1.29, 1.82) is 0 Å². The first-order valence-electron chi connectivity index (χ1n) is 6.72. The van der Waals surface area contributed by atoms with Crippen molar-refractivity contribution in [1.82, 2.24) is 10.5 Å². The van der Waals surface area contributed by atoms with Gasteiger partial charge in [0.2, 0.25) is 0 Å². The third kappa shape index (κ3) is 4.77. The summed E-state index contributed by atoms with van der Waals surface area (Å²) in [5.74, 6) is 2.04. The number of nitrogens with one attached hydrogen (secondary N) is 1. The number of hydrogen-bond donors (Lipinski definition) is 1. The fourth-order valence-corrected chi connectivity index (χ4v) is 1.82. The van der Waals surface area contributed by atoms with Gasteiger partial charge >= 0.3 is 0 Å². The number of rotatable bonds is 9. The second-order valence-electron chi connectivity index (χ2n) is 4.42. The van der Waals surface area contributed by atoms with E-state index in [1.807, 2.05) is 18.2 Å². The zero-order valence-electron chi connectivity index (χ0n) is 12.3. The van der Waals surface area contributed by atoms with Gasteiger partial charge in [-0.15, -0.1) is 0 Å². The van der Waals surface area contributed by atoms with Crippen LogP contribution in [0.15, 0.2) is 35.0 Å². The molecule has 6 heteroatoms. The normalized spacial score (nSPS) is 10.6. The third-order valence-corrected chi connectivity index (χ3v) is 2.90. The number of methoxy groups -OCH3 is 2. The highest BCUT2D eigenvalue weighted by molar-refractivity contribution is 5.43. The molecular weight excluding hydrogens is 272 g/mol. The minimum Gasteiger partial charge on any atom is -0.493 e. The molecule has 2 aromatic rings. The zero-order chi connectivity index (χ0) is 14.9. The topological polar surface area (TPSA) is 65.8 Å². The Kier molecular flexibility index (Phi) is 6.05. The van der Waals surface area contributed by atoms with Crippen molar-refractivity contribution in [3.05, 3.63) is 41.8 Å². The van der Waals surface area contributed by atoms with Gasteiger partial charge in [0, 0.05) is 26.3 Å². The maximum absolute atomic E-state index is 5.73. The van der Waals surface area contributed by atoms with Crippen LogP contribution in [0, 0.1) is 0 Å². The molecule has 1 aromatic carbocycles. The van der Waals surface area contributed by atoms with Gasteiger partial charge in [0.1, 0.15) is 6.61 Å². The van der Waals surface area contributed by atoms with E-state index in [1.54, 1.807) is 26.5 Å². The highest BCUT2D eigenvalue weighted by Gasteiger charge is 2.07. The summed E-state index contributed by atoms with van der Waals surface area (Å²) in [6, 6.07) is 7.61. The van der Waals surface area contributed by atoms with E-state index in [2.05, 4.69) is 10.5 Å². The lowest BCUT2D eigenvalue weighted by molar-refractivity contribution is 0.199. The van der Waals surface area contributed by atoms with Gasteiger partial charge in [-0.25, -0.2) is 0 Å². The van der Waals surface area contributed by atoms with Gasteiger partial charge in [-0.3, -0.25) is 0 Å².